The smallest absolute Gasteiger partial charge is 0.251 e. The predicted octanol–water partition coefficient (Wildman–Crippen LogP) is 4.18. The molecule has 0 aliphatic heterocycles. The van der Waals surface area contributed by atoms with Gasteiger partial charge in [-0.1, -0.05) is 17.4 Å². The van der Waals surface area contributed by atoms with Crippen molar-refractivity contribution in [3.63, 3.8) is 0 Å². The standard InChI is InChI=1S/C20H19N5OS/c1-12-5-4-6-17-23-13(2)18(25(12)17)16-11-22-20(27-16)24-15-9-7-14(8-10-15)19(26)21-3/h4-11H,1-3H3,(H,21,26)(H,22,24). The summed E-state index contributed by atoms with van der Waals surface area (Å²) in [6.45, 7) is 4.10. The number of hydrogen-bond donors (Lipinski definition) is 2. The molecule has 0 spiro atoms. The van der Waals surface area contributed by atoms with E-state index in [1.54, 1.807) is 30.5 Å². The first kappa shape index (κ1) is 17.2. The zero-order valence-electron chi connectivity index (χ0n) is 15.3. The summed E-state index contributed by atoms with van der Waals surface area (Å²) < 4.78 is 2.16. The van der Waals surface area contributed by atoms with Crippen LogP contribution in [0, 0.1) is 13.8 Å². The van der Waals surface area contributed by atoms with Gasteiger partial charge in [0.2, 0.25) is 0 Å². The summed E-state index contributed by atoms with van der Waals surface area (Å²) in [7, 11) is 1.62. The first-order valence-corrected chi connectivity index (χ1v) is 9.38. The van der Waals surface area contributed by atoms with Crippen LogP contribution in [0.25, 0.3) is 16.2 Å². The van der Waals surface area contributed by atoms with Crippen LogP contribution in [-0.4, -0.2) is 27.3 Å². The summed E-state index contributed by atoms with van der Waals surface area (Å²) in [4.78, 5) is 21.9. The molecule has 0 atom stereocenters. The fraction of sp³-hybridized carbons (Fsp3) is 0.150. The summed E-state index contributed by atoms with van der Waals surface area (Å²) in [6.07, 6.45) is 1.87. The van der Waals surface area contributed by atoms with Gasteiger partial charge in [0.05, 0.1) is 16.3 Å². The molecule has 3 heterocycles. The lowest BCUT2D eigenvalue weighted by Gasteiger charge is -2.05. The van der Waals surface area contributed by atoms with Crippen molar-refractivity contribution in [1.82, 2.24) is 19.7 Å². The number of rotatable bonds is 4. The Balaban J connectivity index is 1.63. The van der Waals surface area contributed by atoms with Crippen LogP contribution in [0.5, 0.6) is 0 Å². The Hall–Kier alpha value is -3.19. The van der Waals surface area contributed by atoms with E-state index in [0.717, 1.165) is 38.4 Å². The van der Waals surface area contributed by atoms with Crippen molar-refractivity contribution < 1.29 is 4.79 Å². The number of hydrogen-bond acceptors (Lipinski definition) is 5. The van der Waals surface area contributed by atoms with E-state index in [1.807, 2.05) is 37.4 Å². The Morgan fingerprint density at radius 1 is 1.11 bits per heavy atom. The van der Waals surface area contributed by atoms with E-state index >= 15 is 0 Å². The molecule has 4 rings (SSSR count). The second-order valence-electron chi connectivity index (χ2n) is 6.22. The van der Waals surface area contributed by atoms with E-state index in [1.165, 1.54) is 0 Å². The van der Waals surface area contributed by atoms with Crippen molar-refractivity contribution in [2.45, 2.75) is 13.8 Å². The highest BCUT2D eigenvalue weighted by Gasteiger charge is 2.15. The van der Waals surface area contributed by atoms with Crippen LogP contribution in [0.1, 0.15) is 21.7 Å². The molecule has 0 radical (unpaired) electrons. The van der Waals surface area contributed by atoms with E-state index in [2.05, 4.69) is 38.0 Å². The summed E-state index contributed by atoms with van der Waals surface area (Å²) in [5, 5.41) is 6.71. The number of benzene rings is 1. The van der Waals surface area contributed by atoms with Crippen LogP contribution in [0.4, 0.5) is 10.8 Å². The third-order valence-corrected chi connectivity index (χ3v) is 5.30. The van der Waals surface area contributed by atoms with Gasteiger partial charge in [0.1, 0.15) is 5.65 Å². The van der Waals surface area contributed by atoms with Gasteiger partial charge in [0.15, 0.2) is 5.13 Å². The zero-order valence-corrected chi connectivity index (χ0v) is 16.1. The van der Waals surface area contributed by atoms with Crippen molar-refractivity contribution in [1.29, 1.82) is 0 Å². The largest absolute Gasteiger partial charge is 0.355 e. The van der Waals surface area contributed by atoms with Crippen LogP contribution in [0.2, 0.25) is 0 Å². The monoisotopic (exact) mass is 377 g/mol. The fourth-order valence-corrected chi connectivity index (χ4v) is 3.99. The number of nitrogens with zero attached hydrogens (tertiary/aromatic N) is 3. The van der Waals surface area contributed by atoms with Crippen LogP contribution in [0.3, 0.4) is 0 Å². The summed E-state index contributed by atoms with van der Waals surface area (Å²) >= 11 is 1.58. The lowest BCUT2D eigenvalue weighted by molar-refractivity contribution is 0.0963. The molecule has 0 aliphatic rings. The van der Waals surface area contributed by atoms with Gasteiger partial charge in [-0.2, -0.15) is 0 Å². The minimum atomic E-state index is -0.100. The molecular formula is C20H19N5OS. The highest BCUT2D eigenvalue weighted by atomic mass is 32.1. The summed E-state index contributed by atoms with van der Waals surface area (Å²) in [6, 6.07) is 13.4. The molecule has 2 N–H and O–H groups in total. The van der Waals surface area contributed by atoms with E-state index in [9.17, 15) is 4.79 Å². The minimum absolute atomic E-state index is 0.100. The van der Waals surface area contributed by atoms with Gasteiger partial charge in [-0.3, -0.25) is 9.20 Å². The van der Waals surface area contributed by atoms with E-state index in [4.69, 9.17) is 0 Å². The Bertz CT molecular complexity index is 1130. The maximum Gasteiger partial charge on any atom is 0.251 e. The number of nitrogens with one attached hydrogen (secondary N) is 2. The molecule has 0 unspecified atom stereocenters. The number of amides is 1. The maximum absolute atomic E-state index is 11.6. The average Bonchev–Trinajstić information content (AvgIpc) is 3.25. The van der Waals surface area contributed by atoms with Crippen molar-refractivity contribution in [3.8, 4) is 10.6 Å². The molecule has 4 aromatic rings. The second-order valence-corrected chi connectivity index (χ2v) is 7.25. The Kier molecular flexibility index (Phi) is 4.37. The molecule has 27 heavy (non-hydrogen) atoms. The molecule has 0 saturated heterocycles. The van der Waals surface area contributed by atoms with Crippen molar-refractivity contribution in [3.05, 3.63) is 65.6 Å². The number of aromatic nitrogens is 3. The molecule has 0 bridgehead atoms. The van der Waals surface area contributed by atoms with Gasteiger partial charge >= 0.3 is 0 Å². The third-order valence-electron chi connectivity index (χ3n) is 4.38. The quantitative estimate of drug-likeness (QED) is 0.560. The SMILES string of the molecule is CNC(=O)c1ccc(Nc2ncc(-c3c(C)nc4cccc(C)n34)s2)cc1. The molecule has 1 amide bonds. The Labute approximate surface area is 160 Å². The predicted molar refractivity (Wildman–Crippen MR) is 109 cm³/mol. The summed E-state index contributed by atoms with van der Waals surface area (Å²) in [5.74, 6) is -0.100. The van der Waals surface area contributed by atoms with E-state index in [0.29, 0.717) is 5.56 Å². The second kappa shape index (κ2) is 6.85. The Morgan fingerprint density at radius 3 is 2.63 bits per heavy atom. The van der Waals surface area contributed by atoms with Crippen LogP contribution in [-0.2, 0) is 0 Å². The Morgan fingerprint density at radius 2 is 1.89 bits per heavy atom. The molecule has 6 nitrogen and oxygen atoms in total. The van der Waals surface area contributed by atoms with Crippen LogP contribution < -0.4 is 10.6 Å². The maximum atomic E-state index is 11.6. The van der Waals surface area contributed by atoms with Gasteiger partial charge in [0.25, 0.3) is 5.91 Å². The average molecular weight is 377 g/mol. The van der Waals surface area contributed by atoms with Gasteiger partial charge in [-0.15, -0.1) is 0 Å². The van der Waals surface area contributed by atoms with Crippen LogP contribution >= 0.6 is 11.3 Å². The number of carbonyl (C=O) groups excluding carboxylic acids is 1. The molecule has 1 aromatic carbocycles. The zero-order chi connectivity index (χ0) is 19.0. The summed E-state index contributed by atoms with van der Waals surface area (Å²) in [5.41, 5.74) is 5.64. The van der Waals surface area contributed by atoms with Gasteiger partial charge in [-0.25, -0.2) is 9.97 Å². The lowest BCUT2D eigenvalue weighted by Crippen LogP contribution is -2.17. The topological polar surface area (TPSA) is 71.3 Å². The van der Waals surface area contributed by atoms with E-state index < -0.39 is 0 Å². The van der Waals surface area contributed by atoms with E-state index in [-0.39, 0.29) is 5.91 Å². The van der Waals surface area contributed by atoms with Crippen molar-refractivity contribution in [2.24, 2.45) is 0 Å². The number of anilines is 2. The number of fused-ring (bicyclic) bond motifs is 1. The van der Waals surface area contributed by atoms with Crippen molar-refractivity contribution >= 4 is 33.7 Å². The fourth-order valence-electron chi connectivity index (χ4n) is 3.07. The third kappa shape index (κ3) is 3.17. The molecule has 0 fully saturated rings. The van der Waals surface area contributed by atoms with Gasteiger partial charge in [-0.05, 0) is 50.2 Å². The number of carbonyl (C=O) groups is 1. The first-order valence-electron chi connectivity index (χ1n) is 8.57. The molecule has 136 valence electrons. The minimum Gasteiger partial charge on any atom is -0.355 e. The normalized spacial score (nSPS) is 10.9. The molecule has 0 saturated carbocycles. The number of imidazole rings is 1. The van der Waals surface area contributed by atoms with Gasteiger partial charge in [0, 0.05) is 30.2 Å². The molecule has 7 heteroatoms. The number of aryl methyl sites for hydroxylation is 2. The number of thiazole rings is 1. The molecule has 0 aliphatic carbocycles. The van der Waals surface area contributed by atoms with Gasteiger partial charge < -0.3 is 10.6 Å². The number of pyridine rings is 1. The molecule has 3 aromatic heterocycles. The van der Waals surface area contributed by atoms with Crippen LogP contribution in [0.15, 0.2) is 48.7 Å². The first-order chi connectivity index (χ1) is 13.1. The lowest BCUT2D eigenvalue weighted by atomic mass is 10.2. The highest BCUT2D eigenvalue weighted by Crippen LogP contribution is 2.33. The molecular weight excluding hydrogens is 358 g/mol. The highest BCUT2D eigenvalue weighted by molar-refractivity contribution is 7.18. The van der Waals surface area contributed by atoms with Crippen molar-refractivity contribution in [2.75, 3.05) is 12.4 Å².